The van der Waals surface area contributed by atoms with Crippen molar-refractivity contribution in [2.24, 2.45) is 0 Å². The number of aryl methyl sites for hydroxylation is 2. The predicted molar refractivity (Wildman–Crippen MR) is 96.4 cm³/mol. The Hall–Kier alpha value is -2.01. The normalized spacial score (nSPS) is 13.2. The minimum absolute atomic E-state index is 0.0905. The Morgan fingerprint density at radius 1 is 1.17 bits per heavy atom. The van der Waals surface area contributed by atoms with E-state index in [0.717, 1.165) is 29.2 Å². The molecule has 1 aromatic heterocycles. The summed E-state index contributed by atoms with van der Waals surface area (Å²) in [5.74, 6) is 1.67. The Balaban J connectivity index is 1.51. The number of methoxy groups -OCH3 is 1. The molecule has 4 nitrogen and oxygen atoms in total. The number of ether oxygens (including phenoxy) is 2. The van der Waals surface area contributed by atoms with Crippen molar-refractivity contribution in [3.63, 3.8) is 0 Å². The summed E-state index contributed by atoms with van der Waals surface area (Å²) in [5, 5.41) is 0. The molecule has 5 heteroatoms. The third-order valence-electron chi connectivity index (χ3n) is 4.31. The van der Waals surface area contributed by atoms with Gasteiger partial charge in [-0.25, -0.2) is 0 Å². The third-order valence-corrected chi connectivity index (χ3v) is 5.53. The summed E-state index contributed by atoms with van der Waals surface area (Å²) in [6.07, 6.45) is 4.72. The van der Waals surface area contributed by atoms with Gasteiger partial charge in [0.1, 0.15) is 18.1 Å². The maximum Gasteiger partial charge on any atom is 0.263 e. The van der Waals surface area contributed by atoms with E-state index in [2.05, 4.69) is 6.07 Å². The van der Waals surface area contributed by atoms with E-state index in [1.54, 1.807) is 23.3 Å². The summed E-state index contributed by atoms with van der Waals surface area (Å²) in [7, 11) is 3.47. The van der Waals surface area contributed by atoms with Crippen LogP contribution in [0.2, 0.25) is 0 Å². The first kappa shape index (κ1) is 16.8. The number of hydrogen-bond acceptors (Lipinski definition) is 4. The Morgan fingerprint density at radius 3 is 2.58 bits per heavy atom. The number of hydrogen-bond donors (Lipinski definition) is 0. The molecule has 0 spiro atoms. The Labute approximate surface area is 147 Å². The van der Waals surface area contributed by atoms with Gasteiger partial charge in [-0.05, 0) is 61.6 Å². The van der Waals surface area contributed by atoms with Crippen molar-refractivity contribution < 1.29 is 14.3 Å². The maximum atomic E-state index is 12.6. The number of nitrogens with zero attached hydrogens (tertiary/aromatic N) is 1. The molecule has 1 heterocycles. The number of thiophene rings is 1. The topological polar surface area (TPSA) is 38.8 Å². The minimum Gasteiger partial charge on any atom is -0.497 e. The summed E-state index contributed by atoms with van der Waals surface area (Å²) in [4.78, 5) is 16.5. The van der Waals surface area contributed by atoms with Crippen LogP contribution in [0.15, 0.2) is 30.3 Å². The van der Waals surface area contributed by atoms with Crippen LogP contribution in [0.25, 0.3) is 0 Å². The largest absolute Gasteiger partial charge is 0.497 e. The third kappa shape index (κ3) is 3.90. The number of amides is 1. The number of carbonyl (C=O) groups is 1. The van der Waals surface area contributed by atoms with E-state index in [-0.39, 0.29) is 5.91 Å². The highest BCUT2D eigenvalue weighted by molar-refractivity contribution is 7.14. The van der Waals surface area contributed by atoms with Crippen molar-refractivity contribution in [1.82, 2.24) is 4.90 Å². The van der Waals surface area contributed by atoms with Gasteiger partial charge in [-0.15, -0.1) is 11.3 Å². The van der Waals surface area contributed by atoms with Crippen LogP contribution in [-0.2, 0) is 12.8 Å². The highest BCUT2D eigenvalue weighted by Crippen LogP contribution is 2.30. The highest BCUT2D eigenvalue weighted by atomic mass is 32.1. The lowest BCUT2D eigenvalue weighted by Crippen LogP contribution is -2.30. The van der Waals surface area contributed by atoms with Crippen LogP contribution in [0, 0.1) is 0 Å². The molecule has 0 radical (unpaired) electrons. The van der Waals surface area contributed by atoms with Crippen LogP contribution >= 0.6 is 11.3 Å². The molecule has 3 rings (SSSR count). The van der Waals surface area contributed by atoms with Gasteiger partial charge in [0.2, 0.25) is 0 Å². The van der Waals surface area contributed by atoms with Gasteiger partial charge >= 0.3 is 0 Å². The van der Waals surface area contributed by atoms with E-state index in [1.165, 1.54) is 23.3 Å². The Bertz CT molecular complexity index is 670. The van der Waals surface area contributed by atoms with Gasteiger partial charge in [0.05, 0.1) is 18.5 Å². The van der Waals surface area contributed by atoms with Crippen molar-refractivity contribution in [2.75, 3.05) is 27.3 Å². The van der Waals surface area contributed by atoms with E-state index < -0.39 is 0 Å². The zero-order valence-electron chi connectivity index (χ0n) is 14.2. The minimum atomic E-state index is 0.0905. The number of rotatable bonds is 6. The average molecular weight is 345 g/mol. The molecule has 1 aromatic carbocycles. The Morgan fingerprint density at radius 2 is 1.88 bits per heavy atom. The molecule has 128 valence electrons. The van der Waals surface area contributed by atoms with Gasteiger partial charge < -0.3 is 14.4 Å². The number of benzene rings is 1. The number of carbonyl (C=O) groups excluding carboxylic acids is 1. The molecular formula is C19H23NO3S. The fourth-order valence-corrected chi connectivity index (χ4v) is 4.11. The predicted octanol–water partition coefficient (Wildman–Crippen LogP) is 3.79. The molecule has 1 aliphatic rings. The number of likely N-dealkylation sites (N-methyl/N-ethyl adjacent to an activating group) is 1. The molecule has 0 unspecified atom stereocenters. The summed E-state index contributed by atoms with van der Waals surface area (Å²) in [6, 6.07) is 9.55. The van der Waals surface area contributed by atoms with Gasteiger partial charge in [0, 0.05) is 11.9 Å². The monoisotopic (exact) mass is 345 g/mol. The molecule has 0 N–H and O–H groups in total. The van der Waals surface area contributed by atoms with E-state index >= 15 is 0 Å². The van der Waals surface area contributed by atoms with Crippen molar-refractivity contribution in [3.05, 3.63) is 45.6 Å². The SMILES string of the molecule is COc1ccc(OCCN(C)C(=O)c2cc3c(s2)CCCC3)cc1. The van der Waals surface area contributed by atoms with Crippen LogP contribution in [0.3, 0.4) is 0 Å². The van der Waals surface area contributed by atoms with Crippen LogP contribution < -0.4 is 9.47 Å². The lowest BCUT2D eigenvalue weighted by molar-refractivity contribution is 0.0778. The second-order valence-electron chi connectivity index (χ2n) is 6.02. The van der Waals surface area contributed by atoms with Crippen LogP contribution in [-0.4, -0.2) is 38.1 Å². The van der Waals surface area contributed by atoms with E-state index in [4.69, 9.17) is 9.47 Å². The van der Waals surface area contributed by atoms with Crippen molar-refractivity contribution in [1.29, 1.82) is 0 Å². The molecule has 0 aliphatic heterocycles. The van der Waals surface area contributed by atoms with E-state index in [9.17, 15) is 4.79 Å². The first-order valence-corrected chi connectivity index (χ1v) is 9.13. The van der Waals surface area contributed by atoms with Crippen molar-refractivity contribution in [2.45, 2.75) is 25.7 Å². The van der Waals surface area contributed by atoms with E-state index in [1.807, 2.05) is 31.3 Å². The summed E-state index contributed by atoms with van der Waals surface area (Å²) in [5.41, 5.74) is 1.37. The molecule has 0 bridgehead atoms. The summed E-state index contributed by atoms with van der Waals surface area (Å²) < 4.78 is 10.8. The van der Waals surface area contributed by atoms with Crippen LogP contribution in [0.1, 0.15) is 33.0 Å². The van der Waals surface area contributed by atoms with Gasteiger partial charge in [-0.1, -0.05) is 0 Å². The fraction of sp³-hybridized carbons (Fsp3) is 0.421. The Kier molecular flexibility index (Phi) is 5.41. The second-order valence-corrected chi connectivity index (χ2v) is 7.15. The molecule has 0 fully saturated rings. The van der Waals surface area contributed by atoms with Gasteiger partial charge in [-0.2, -0.15) is 0 Å². The van der Waals surface area contributed by atoms with Crippen LogP contribution in [0.4, 0.5) is 0 Å². The summed E-state index contributed by atoms with van der Waals surface area (Å²) >= 11 is 1.66. The lowest BCUT2D eigenvalue weighted by Gasteiger charge is -2.16. The van der Waals surface area contributed by atoms with Gasteiger partial charge in [0.25, 0.3) is 5.91 Å². The molecule has 0 atom stereocenters. The fourth-order valence-electron chi connectivity index (χ4n) is 2.86. The zero-order valence-corrected chi connectivity index (χ0v) is 15.0. The van der Waals surface area contributed by atoms with Crippen LogP contribution in [0.5, 0.6) is 11.5 Å². The standard InChI is InChI=1S/C19H23NO3S/c1-20(11-12-23-16-9-7-15(22-2)8-10-16)19(21)18-13-14-5-3-4-6-17(14)24-18/h7-10,13H,3-6,11-12H2,1-2H3. The average Bonchev–Trinajstić information content (AvgIpc) is 3.05. The highest BCUT2D eigenvalue weighted by Gasteiger charge is 2.19. The number of fused-ring (bicyclic) bond motifs is 1. The lowest BCUT2D eigenvalue weighted by atomic mass is 9.99. The molecule has 1 amide bonds. The van der Waals surface area contributed by atoms with Gasteiger partial charge in [0.15, 0.2) is 0 Å². The molecule has 24 heavy (non-hydrogen) atoms. The quantitative estimate of drug-likeness (QED) is 0.800. The van der Waals surface area contributed by atoms with E-state index in [0.29, 0.717) is 13.2 Å². The summed E-state index contributed by atoms with van der Waals surface area (Å²) in [6.45, 7) is 1.03. The second kappa shape index (κ2) is 7.71. The molecule has 0 saturated carbocycles. The maximum absolute atomic E-state index is 12.6. The molecule has 0 saturated heterocycles. The smallest absolute Gasteiger partial charge is 0.263 e. The first-order valence-electron chi connectivity index (χ1n) is 8.31. The zero-order chi connectivity index (χ0) is 16.9. The van der Waals surface area contributed by atoms with Crippen molar-refractivity contribution in [3.8, 4) is 11.5 Å². The first-order chi connectivity index (χ1) is 11.7. The molecule has 2 aromatic rings. The molecular weight excluding hydrogens is 322 g/mol. The van der Waals surface area contributed by atoms with Gasteiger partial charge in [-0.3, -0.25) is 4.79 Å². The molecule has 1 aliphatic carbocycles. The van der Waals surface area contributed by atoms with Crippen molar-refractivity contribution >= 4 is 17.2 Å².